The molecular formula is C18H20ClFN6O. The van der Waals surface area contributed by atoms with Gasteiger partial charge in [-0.05, 0) is 43.3 Å². The third-order valence-electron chi connectivity index (χ3n) is 3.42. The van der Waals surface area contributed by atoms with Gasteiger partial charge in [0.1, 0.15) is 5.82 Å². The topological polar surface area (TPSA) is 95.0 Å². The molecule has 1 atom stereocenters. The lowest BCUT2D eigenvalue weighted by molar-refractivity contribution is 0.281. The molecule has 0 unspecified atom stereocenters. The Hall–Kier alpha value is -2.97. The maximum Gasteiger partial charge on any atom is 0.233 e. The standard InChI is InChI=1S/C18H19FN6O.ClH/c1-12(11-26)20-16-23-17(21-14-5-3-2-4-6-14)25-18(24-16)22-15-9-7-13(19)8-10-15;/h2-10,12,26H,11H2,1H3,(H3,20,21,22,23,24,25);1H/t12-;/m0./s1. The summed E-state index contributed by atoms with van der Waals surface area (Å²) in [5.41, 5.74) is 1.47. The summed E-state index contributed by atoms with van der Waals surface area (Å²) in [6.07, 6.45) is 0. The zero-order valence-electron chi connectivity index (χ0n) is 14.6. The average Bonchev–Trinajstić information content (AvgIpc) is 2.64. The molecule has 0 aliphatic rings. The number of benzene rings is 2. The van der Waals surface area contributed by atoms with Gasteiger partial charge in [-0.2, -0.15) is 15.0 Å². The second kappa shape index (κ2) is 9.65. The summed E-state index contributed by atoms with van der Waals surface area (Å²) in [7, 11) is 0. The predicted molar refractivity (Wildman–Crippen MR) is 107 cm³/mol. The first-order valence-electron chi connectivity index (χ1n) is 8.10. The minimum Gasteiger partial charge on any atom is -0.394 e. The van der Waals surface area contributed by atoms with Crippen LogP contribution < -0.4 is 16.0 Å². The molecule has 3 rings (SSSR count). The number of hydrogen-bond donors (Lipinski definition) is 4. The van der Waals surface area contributed by atoms with Crippen molar-refractivity contribution in [3.8, 4) is 0 Å². The van der Waals surface area contributed by atoms with Crippen molar-refractivity contribution in [3.05, 3.63) is 60.4 Å². The number of para-hydroxylation sites is 1. The van der Waals surface area contributed by atoms with Crippen LogP contribution in [0.4, 0.5) is 33.6 Å². The lowest BCUT2D eigenvalue weighted by Crippen LogP contribution is -2.21. The van der Waals surface area contributed by atoms with Gasteiger partial charge >= 0.3 is 0 Å². The predicted octanol–water partition coefficient (Wildman–Crippen LogP) is 3.71. The highest BCUT2D eigenvalue weighted by atomic mass is 35.5. The molecule has 0 radical (unpaired) electrons. The average molecular weight is 391 g/mol. The van der Waals surface area contributed by atoms with Gasteiger partial charge in [0, 0.05) is 17.4 Å². The maximum atomic E-state index is 13.1. The molecule has 7 nitrogen and oxygen atoms in total. The molecule has 0 saturated carbocycles. The Labute approximate surface area is 162 Å². The van der Waals surface area contributed by atoms with Gasteiger partial charge in [0.15, 0.2) is 0 Å². The summed E-state index contributed by atoms with van der Waals surface area (Å²) in [6.45, 7) is 1.75. The van der Waals surface area contributed by atoms with Crippen molar-refractivity contribution in [2.24, 2.45) is 0 Å². The van der Waals surface area contributed by atoms with E-state index in [1.165, 1.54) is 12.1 Å². The molecule has 4 N–H and O–H groups in total. The summed E-state index contributed by atoms with van der Waals surface area (Å²) in [6, 6.07) is 15.1. The SMILES string of the molecule is C[C@@H](CO)Nc1nc(Nc2ccccc2)nc(Nc2ccc(F)cc2)n1.Cl. The molecule has 0 fully saturated rings. The molecule has 3 aromatic rings. The number of hydrogen-bond acceptors (Lipinski definition) is 7. The number of rotatable bonds is 7. The van der Waals surface area contributed by atoms with Crippen LogP contribution in [0.25, 0.3) is 0 Å². The van der Waals surface area contributed by atoms with Crippen LogP contribution in [0, 0.1) is 5.82 Å². The zero-order valence-corrected chi connectivity index (χ0v) is 15.4. The van der Waals surface area contributed by atoms with Gasteiger partial charge < -0.3 is 21.1 Å². The molecule has 0 aliphatic heterocycles. The van der Waals surface area contributed by atoms with E-state index in [1.807, 2.05) is 30.3 Å². The quantitative estimate of drug-likeness (QED) is 0.488. The van der Waals surface area contributed by atoms with Crippen LogP contribution in [-0.4, -0.2) is 32.7 Å². The molecule has 27 heavy (non-hydrogen) atoms. The maximum absolute atomic E-state index is 13.1. The van der Waals surface area contributed by atoms with Crippen LogP contribution in [0.5, 0.6) is 0 Å². The Kier molecular flexibility index (Phi) is 7.27. The molecular weight excluding hydrogens is 371 g/mol. The molecule has 0 aliphatic carbocycles. The first-order valence-corrected chi connectivity index (χ1v) is 8.10. The molecule has 0 bridgehead atoms. The second-order valence-electron chi connectivity index (χ2n) is 5.66. The highest BCUT2D eigenvalue weighted by molar-refractivity contribution is 5.85. The summed E-state index contributed by atoms with van der Waals surface area (Å²) in [4.78, 5) is 12.9. The van der Waals surface area contributed by atoms with Crippen molar-refractivity contribution in [1.82, 2.24) is 15.0 Å². The van der Waals surface area contributed by atoms with E-state index in [1.54, 1.807) is 19.1 Å². The molecule has 142 valence electrons. The fourth-order valence-corrected chi connectivity index (χ4v) is 2.13. The van der Waals surface area contributed by atoms with Gasteiger partial charge in [0.05, 0.1) is 6.61 Å². The zero-order chi connectivity index (χ0) is 18.4. The lowest BCUT2D eigenvalue weighted by atomic mass is 10.3. The van der Waals surface area contributed by atoms with Crippen molar-refractivity contribution in [2.75, 3.05) is 22.6 Å². The molecule has 1 heterocycles. The Balaban J connectivity index is 0.00000261. The third kappa shape index (κ3) is 6.05. The molecule has 2 aromatic carbocycles. The van der Waals surface area contributed by atoms with Crippen molar-refractivity contribution in [1.29, 1.82) is 0 Å². The lowest BCUT2D eigenvalue weighted by Gasteiger charge is -2.14. The van der Waals surface area contributed by atoms with E-state index >= 15 is 0 Å². The molecule has 0 saturated heterocycles. The van der Waals surface area contributed by atoms with Gasteiger partial charge in [-0.1, -0.05) is 18.2 Å². The smallest absolute Gasteiger partial charge is 0.233 e. The van der Waals surface area contributed by atoms with Crippen molar-refractivity contribution >= 4 is 41.6 Å². The molecule has 0 spiro atoms. The van der Waals surface area contributed by atoms with E-state index in [2.05, 4.69) is 30.9 Å². The summed E-state index contributed by atoms with van der Waals surface area (Å²) in [5.74, 6) is 0.613. The van der Waals surface area contributed by atoms with Crippen LogP contribution in [-0.2, 0) is 0 Å². The van der Waals surface area contributed by atoms with Crippen LogP contribution in [0.3, 0.4) is 0 Å². The Morgan fingerprint density at radius 2 is 1.37 bits per heavy atom. The van der Waals surface area contributed by atoms with Crippen LogP contribution in [0.2, 0.25) is 0 Å². The van der Waals surface area contributed by atoms with Gasteiger partial charge in [0.25, 0.3) is 0 Å². The number of halogens is 2. The van der Waals surface area contributed by atoms with Crippen LogP contribution in [0.1, 0.15) is 6.92 Å². The first kappa shape index (κ1) is 20.3. The fraction of sp³-hybridized carbons (Fsp3) is 0.167. The van der Waals surface area contributed by atoms with E-state index in [0.717, 1.165) is 5.69 Å². The monoisotopic (exact) mass is 390 g/mol. The minimum absolute atomic E-state index is 0. The van der Waals surface area contributed by atoms with E-state index in [0.29, 0.717) is 17.6 Å². The Morgan fingerprint density at radius 1 is 0.852 bits per heavy atom. The van der Waals surface area contributed by atoms with Crippen molar-refractivity contribution in [3.63, 3.8) is 0 Å². The highest BCUT2D eigenvalue weighted by Gasteiger charge is 2.10. The largest absolute Gasteiger partial charge is 0.394 e. The molecule has 1 aromatic heterocycles. The van der Waals surface area contributed by atoms with Gasteiger partial charge in [-0.3, -0.25) is 0 Å². The van der Waals surface area contributed by atoms with Gasteiger partial charge in [0.2, 0.25) is 17.8 Å². The molecule has 9 heteroatoms. The number of nitrogens with one attached hydrogen (secondary N) is 3. The minimum atomic E-state index is -0.322. The summed E-state index contributed by atoms with van der Waals surface area (Å²) >= 11 is 0. The number of aliphatic hydroxyl groups excluding tert-OH is 1. The second-order valence-corrected chi connectivity index (χ2v) is 5.66. The van der Waals surface area contributed by atoms with Crippen LogP contribution >= 0.6 is 12.4 Å². The number of nitrogens with zero attached hydrogens (tertiary/aromatic N) is 3. The number of anilines is 5. The van der Waals surface area contributed by atoms with E-state index in [-0.39, 0.29) is 36.8 Å². The first-order chi connectivity index (χ1) is 12.6. The van der Waals surface area contributed by atoms with Gasteiger partial charge in [-0.15, -0.1) is 12.4 Å². The highest BCUT2D eigenvalue weighted by Crippen LogP contribution is 2.19. The third-order valence-corrected chi connectivity index (χ3v) is 3.42. The van der Waals surface area contributed by atoms with Crippen LogP contribution in [0.15, 0.2) is 54.6 Å². The van der Waals surface area contributed by atoms with Crippen molar-refractivity contribution < 1.29 is 9.50 Å². The van der Waals surface area contributed by atoms with Gasteiger partial charge in [-0.25, -0.2) is 4.39 Å². The van der Waals surface area contributed by atoms with E-state index < -0.39 is 0 Å². The Bertz CT molecular complexity index is 850. The number of aliphatic hydroxyl groups is 1. The Morgan fingerprint density at radius 3 is 1.93 bits per heavy atom. The normalized spacial score (nSPS) is 11.2. The summed E-state index contributed by atoms with van der Waals surface area (Å²) in [5, 5.41) is 18.4. The van der Waals surface area contributed by atoms with E-state index in [9.17, 15) is 9.50 Å². The molecule has 0 amide bonds. The summed E-state index contributed by atoms with van der Waals surface area (Å²) < 4.78 is 13.1. The number of aromatic nitrogens is 3. The van der Waals surface area contributed by atoms with Crippen molar-refractivity contribution in [2.45, 2.75) is 13.0 Å². The fourth-order valence-electron chi connectivity index (χ4n) is 2.13. The van der Waals surface area contributed by atoms with E-state index in [4.69, 9.17) is 0 Å².